The van der Waals surface area contributed by atoms with E-state index in [-0.39, 0.29) is 24.2 Å². The van der Waals surface area contributed by atoms with Crippen molar-refractivity contribution in [1.82, 2.24) is 4.72 Å². The molecule has 0 aliphatic heterocycles. The Morgan fingerprint density at radius 2 is 2.18 bits per heavy atom. The minimum atomic E-state index is -3.25. The van der Waals surface area contributed by atoms with Crippen LogP contribution in [0.5, 0.6) is 0 Å². The lowest BCUT2D eigenvalue weighted by Gasteiger charge is -2.25. The number of nitriles is 1. The maximum Gasteiger partial charge on any atom is 0.211 e. The van der Waals surface area contributed by atoms with Crippen LogP contribution in [0.1, 0.15) is 38.5 Å². The molecule has 2 atom stereocenters. The fourth-order valence-corrected chi connectivity index (χ4v) is 3.26. The van der Waals surface area contributed by atoms with Crippen LogP contribution in [0.4, 0.5) is 0 Å². The van der Waals surface area contributed by atoms with Gasteiger partial charge in [0.1, 0.15) is 0 Å². The second kappa shape index (κ2) is 6.94. The third-order valence-electron chi connectivity index (χ3n) is 3.05. The third kappa shape index (κ3) is 6.01. The Morgan fingerprint density at radius 3 is 2.82 bits per heavy atom. The molecule has 0 heterocycles. The molecule has 1 saturated carbocycles. The minimum absolute atomic E-state index is 0.00976. The highest BCUT2D eigenvalue weighted by atomic mass is 32.2. The van der Waals surface area contributed by atoms with E-state index in [0.717, 1.165) is 19.3 Å². The first kappa shape index (κ1) is 14.4. The molecule has 17 heavy (non-hydrogen) atoms. The van der Waals surface area contributed by atoms with Crippen molar-refractivity contribution in [3.63, 3.8) is 0 Å². The number of nitrogens with one attached hydrogen (secondary N) is 1. The Morgan fingerprint density at radius 1 is 1.41 bits per heavy atom. The van der Waals surface area contributed by atoms with E-state index in [9.17, 15) is 13.5 Å². The molecule has 0 aromatic rings. The van der Waals surface area contributed by atoms with Gasteiger partial charge in [-0.05, 0) is 31.6 Å². The summed E-state index contributed by atoms with van der Waals surface area (Å²) in [5, 5.41) is 17.8. The highest BCUT2D eigenvalue weighted by molar-refractivity contribution is 7.89. The zero-order valence-corrected chi connectivity index (χ0v) is 10.7. The first-order valence-corrected chi connectivity index (χ1v) is 7.71. The first-order valence-electron chi connectivity index (χ1n) is 6.06. The van der Waals surface area contributed by atoms with Gasteiger partial charge < -0.3 is 5.11 Å². The van der Waals surface area contributed by atoms with E-state index in [1.165, 1.54) is 0 Å². The number of hydrogen-bond donors (Lipinski definition) is 2. The van der Waals surface area contributed by atoms with Crippen molar-refractivity contribution >= 4 is 10.0 Å². The van der Waals surface area contributed by atoms with E-state index in [1.54, 1.807) is 0 Å². The SMILES string of the molecule is N#CCCCS(=O)(=O)NCC1CCCC(O)C1. The molecular formula is C11H20N2O3S. The summed E-state index contributed by atoms with van der Waals surface area (Å²) in [6, 6.07) is 1.93. The normalized spacial score (nSPS) is 25.4. The molecule has 0 amide bonds. The topological polar surface area (TPSA) is 90.2 Å². The average molecular weight is 260 g/mol. The Hall–Kier alpha value is -0.640. The Bertz CT molecular complexity index is 361. The molecule has 2 unspecified atom stereocenters. The highest BCUT2D eigenvalue weighted by Gasteiger charge is 2.21. The molecule has 2 N–H and O–H groups in total. The fourth-order valence-electron chi connectivity index (χ4n) is 2.11. The largest absolute Gasteiger partial charge is 0.393 e. The van der Waals surface area contributed by atoms with Crippen molar-refractivity contribution in [2.24, 2.45) is 5.92 Å². The monoisotopic (exact) mass is 260 g/mol. The lowest BCUT2D eigenvalue weighted by Crippen LogP contribution is -2.34. The van der Waals surface area contributed by atoms with Crippen molar-refractivity contribution in [3.8, 4) is 6.07 Å². The van der Waals surface area contributed by atoms with Crippen LogP contribution in [0.3, 0.4) is 0 Å². The molecule has 0 aromatic heterocycles. The van der Waals surface area contributed by atoms with Crippen molar-refractivity contribution in [1.29, 1.82) is 5.26 Å². The van der Waals surface area contributed by atoms with Crippen LogP contribution in [-0.2, 0) is 10.0 Å². The third-order valence-corrected chi connectivity index (χ3v) is 4.48. The van der Waals surface area contributed by atoms with Gasteiger partial charge in [0.25, 0.3) is 0 Å². The summed E-state index contributed by atoms with van der Waals surface area (Å²) in [6.45, 7) is 0.409. The maximum atomic E-state index is 11.5. The van der Waals surface area contributed by atoms with Crippen molar-refractivity contribution < 1.29 is 13.5 Å². The zero-order chi connectivity index (χ0) is 12.7. The molecular weight excluding hydrogens is 240 g/mol. The molecule has 1 aliphatic carbocycles. The van der Waals surface area contributed by atoms with Gasteiger partial charge in [0.2, 0.25) is 10.0 Å². The molecule has 0 bridgehead atoms. The lowest BCUT2D eigenvalue weighted by atomic mass is 9.87. The number of nitrogens with zero attached hydrogens (tertiary/aromatic N) is 1. The number of hydrogen-bond acceptors (Lipinski definition) is 4. The highest BCUT2D eigenvalue weighted by Crippen LogP contribution is 2.23. The minimum Gasteiger partial charge on any atom is -0.393 e. The van der Waals surface area contributed by atoms with E-state index < -0.39 is 10.0 Å². The maximum absolute atomic E-state index is 11.5. The van der Waals surface area contributed by atoms with E-state index in [1.807, 2.05) is 6.07 Å². The van der Waals surface area contributed by atoms with Gasteiger partial charge >= 0.3 is 0 Å². The molecule has 5 nitrogen and oxygen atoms in total. The van der Waals surface area contributed by atoms with Gasteiger partial charge in [0.05, 0.1) is 17.9 Å². The number of sulfonamides is 1. The van der Waals surface area contributed by atoms with Gasteiger partial charge in [-0.3, -0.25) is 0 Å². The smallest absolute Gasteiger partial charge is 0.211 e. The summed E-state index contributed by atoms with van der Waals surface area (Å²) >= 11 is 0. The van der Waals surface area contributed by atoms with Gasteiger partial charge in [0.15, 0.2) is 0 Å². The quantitative estimate of drug-likeness (QED) is 0.690. The Balaban J connectivity index is 2.26. The number of aliphatic hydroxyl groups excluding tert-OH is 1. The molecule has 0 spiro atoms. The number of aliphatic hydroxyl groups is 1. The number of unbranched alkanes of at least 4 members (excludes halogenated alkanes) is 1. The molecule has 1 aliphatic rings. The summed E-state index contributed by atoms with van der Waals surface area (Å²) < 4.78 is 25.7. The van der Waals surface area contributed by atoms with E-state index >= 15 is 0 Å². The van der Waals surface area contributed by atoms with E-state index in [2.05, 4.69) is 4.72 Å². The van der Waals surface area contributed by atoms with Crippen LogP contribution < -0.4 is 4.72 Å². The van der Waals surface area contributed by atoms with Gasteiger partial charge in [-0.1, -0.05) is 6.42 Å². The standard InChI is InChI=1S/C11H20N2O3S/c12-6-1-2-7-17(15,16)13-9-10-4-3-5-11(14)8-10/h10-11,13-14H,1-5,7-9H2. The van der Waals surface area contributed by atoms with Crippen molar-refractivity contribution in [2.45, 2.75) is 44.6 Å². The van der Waals surface area contributed by atoms with Crippen LogP contribution in [0, 0.1) is 17.2 Å². The van der Waals surface area contributed by atoms with Gasteiger partial charge in [-0.15, -0.1) is 0 Å². The summed E-state index contributed by atoms with van der Waals surface area (Å²) in [6.07, 6.45) is 3.80. The van der Waals surface area contributed by atoms with Crippen molar-refractivity contribution in [2.75, 3.05) is 12.3 Å². The molecule has 1 fully saturated rings. The molecule has 1 rings (SSSR count). The van der Waals surface area contributed by atoms with Gasteiger partial charge in [0, 0.05) is 13.0 Å². The molecule has 6 heteroatoms. The van der Waals surface area contributed by atoms with Gasteiger partial charge in [-0.25, -0.2) is 13.1 Å². The summed E-state index contributed by atoms with van der Waals surface area (Å²) in [4.78, 5) is 0. The molecule has 98 valence electrons. The van der Waals surface area contributed by atoms with E-state index in [4.69, 9.17) is 5.26 Å². The predicted octanol–water partition coefficient (Wildman–Crippen LogP) is 0.761. The average Bonchev–Trinajstić information content (AvgIpc) is 2.27. The lowest BCUT2D eigenvalue weighted by molar-refractivity contribution is 0.102. The second-order valence-corrected chi connectivity index (χ2v) is 6.54. The van der Waals surface area contributed by atoms with Crippen molar-refractivity contribution in [3.05, 3.63) is 0 Å². The summed E-state index contributed by atoms with van der Waals surface area (Å²) in [7, 11) is -3.25. The summed E-state index contributed by atoms with van der Waals surface area (Å²) in [5.74, 6) is 0.250. The van der Waals surface area contributed by atoms with Crippen LogP contribution in [0.15, 0.2) is 0 Å². The Labute approximate surface area is 103 Å². The van der Waals surface area contributed by atoms with Crippen LogP contribution in [0.2, 0.25) is 0 Å². The molecule has 0 radical (unpaired) electrons. The van der Waals surface area contributed by atoms with Gasteiger partial charge in [-0.2, -0.15) is 5.26 Å². The van der Waals surface area contributed by atoms with E-state index in [0.29, 0.717) is 19.4 Å². The number of rotatable bonds is 6. The fraction of sp³-hybridized carbons (Fsp3) is 0.909. The van der Waals surface area contributed by atoms with Crippen LogP contribution in [0.25, 0.3) is 0 Å². The van der Waals surface area contributed by atoms with Crippen LogP contribution >= 0.6 is 0 Å². The van der Waals surface area contributed by atoms with Crippen LogP contribution in [-0.4, -0.2) is 31.9 Å². The summed E-state index contributed by atoms with van der Waals surface area (Å²) in [5.41, 5.74) is 0. The molecule has 0 aromatic carbocycles. The predicted molar refractivity (Wildman–Crippen MR) is 64.6 cm³/mol. The second-order valence-electron chi connectivity index (χ2n) is 4.62. The Kier molecular flexibility index (Phi) is 5.89. The molecule has 0 saturated heterocycles. The first-order chi connectivity index (χ1) is 8.03. The zero-order valence-electron chi connectivity index (χ0n) is 9.93.